The summed E-state index contributed by atoms with van der Waals surface area (Å²) in [5.74, 6) is 0.625. The van der Waals surface area contributed by atoms with Gasteiger partial charge >= 0.3 is 0 Å². The second-order valence-electron chi connectivity index (χ2n) is 6.99. The van der Waals surface area contributed by atoms with E-state index in [0.717, 1.165) is 11.5 Å². The van der Waals surface area contributed by atoms with E-state index in [2.05, 4.69) is 31.2 Å². The topological polar surface area (TPSA) is 46.9 Å². The Kier molecular flexibility index (Phi) is 4.40. The first-order valence-electron chi connectivity index (χ1n) is 7.66. The Labute approximate surface area is 132 Å². The average Bonchev–Trinajstić information content (AvgIpc) is 2.79. The molecule has 0 atom stereocenters. The molecular weight excluding hydrogens is 274 g/mol. The molecule has 2 rings (SSSR count). The van der Waals surface area contributed by atoms with Crippen LogP contribution in [-0.2, 0) is 5.41 Å². The minimum Gasteiger partial charge on any atom is -0.307 e. The number of amides is 1. The molecule has 0 spiro atoms. The van der Waals surface area contributed by atoms with Crippen molar-refractivity contribution in [3.8, 4) is 0 Å². The van der Waals surface area contributed by atoms with Gasteiger partial charge in [-0.15, -0.1) is 0 Å². The van der Waals surface area contributed by atoms with E-state index in [1.54, 1.807) is 0 Å². The summed E-state index contributed by atoms with van der Waals surface area (Å²) < 4.78 is 1.83. The molecule has 0 radical (unpaired) electrons. The zero-order valence-corrected chi connectivity index (χ0v) is 14.3. The fourth-order valence-corrected chi connectivity index (χ4v) is 2.31. The molecule has 118 valence electrons. The number of nitrogens with zero attached hydrogens (tertiary/aromatic N) is 2. The summed E-state index contributed by atoms with van der Waals surface area (Å²) in [6, 6.07) is 9.87. The third-order valence-corrected chi connectivity index (χ3v) is 3.60. The summed E-state index contributed by atoms with van der Waals surface area (Å²) in [4.78, 5) is 12.4. The van der Waals surface area contributed by atoms with Crippen LogP contribution in [0.2, 0.25) is 0 Å². The van der Waals surface area contributed by atoms with Crippen molar-refractivity contribution in [2.45, 2.75) is 53.0 Å². The largest absolute Gasteiger partial charge is 0.307 e. The Balaban J connectivity index is 2.19. The smallest absolute Gasteiger partial charge is 0.256 e. The molecule has 0 aliphatic rings. The Morgan fingerprint density at radius 1 is 1.18 bits per heavy atom. The molecule has 0 saturated heterocycles. The van der Waals surface area contributed by atoms with Crippen LogP contribution in [0.3, 0.4) is 0 Å². The van der Waals surface area contributed by atoms with Crippen LogP contribution in [0.25, 0.3) is 0 Å². The molecule has 1 amide bonds. The van der Waals surface area contributed by atoms with Crippen molar-refractivity contribution >= 4 is 11.7 Å². The normalized spacial score (nSPS) is 11.8. The van der Waals surface area contributed by atoms with Crippen LogP contribution in [0.15, 0.2) is 30.3 Å². The third kappa shape index (κ3) is 3.56. The lowest BCUT2D eigenvalue weighted by Crippen LogP contribution is -2.17. The van der Waals surface area contributed by atoms with Gasteiger partial charge in [-0.25, -0.2) is 4.68 Å². The van der Waals surface area contributed by atoms with Gasteiger partial charge < -0.3 is 5.32 Å². The Morgan fingerprint density at radius 3 is 2.27 bits per heavy atom. The van der Waals surface area contributed by atoms with E-state index in [9.17, 15) is 4.79 Å². The van der Waals surface area contributed by atoms with Crippen LogP contribution in [0, 0.1) is 6.92 Å². The molecule has 0 saturated carbocycles. The lowest BCUT2D eigenvalue weighted by molar-refractivity contribution is 0.102. The number of aryl methyl sites for hydroxylation is 1. The second-order valence-corrected chi connectivity index (χ2v) is 6.99. The molecule has 1 aromatic heterocycles. The van der Waals surface area contributed by atoms with Crippen molar-refractivity contribution in [1.29, 1.82) is 0 Å². The molecule has 0 bridgehead atoms. The first kappa shape index (κ1) is 16.3. The van der Waals surface area contributed by atoms with Crippen LogP contribution in [0.5, 0.6) is 0 Å². The summed E-state index contributed by atoms with van der Waals surface area (Å²) in [7, 11) is 0. The fraction of sp³-hybridized carbons (Fsp3) is 0.444. The van der Waals surface area contributed by atoms with Gasteiger partial charge in [0.15, 0.2) is 0 Å². The van der Waals surface area contributed by atoms with Crippen LogP contribution < -0.4 is 5.32 Å². The molecule has 1 heterocycles. The first-order valence-corrected chi connectivity index (χ1v) is 7.66. The standard InChI is InChI=1S/C18H25N3O/c1-12(2)21-16(11-13(3)20-21)19-17(22)14-7-9-15(10-8-14)18(4,5)6/h7-12H,1-6H3,(H,19,22). The van der Waals surface area contributed by atoms with Crippen molar-refractivity contribution in [2.24, 2.45) is 0 Å². The van der Waals surface area contributed by atoms with Gasteiger partial charge in [-0.1, -0.05) is 32.9 Å². The van der Waals surface area contributed by atoms with Gasteiger partial charge in [0.05, 0.1) is 5.69 Å². The summed E-state index contributed by atoms with van der Waals surface area (Å²) in [6.07, 6.45) is 0. The molecule has 0 unspecified atom stereocenters. The number of benzene rings is 1. The molecule has 4 nitrogen and oxygen atoms in total. The lowest BCUT2D eigenvalue weighted by atomic mass is 9.87. The SMILES string of the molecule is Cc1cc(NC(=O)c2ccc(C(C)(C)C)cc2)n(C(C)C)n1. The van der Waals surface area contributed by atoms with Crippen LogP contribution in [-0.4, -0.2) is 15.7 Å². The highest BCUT2D eigenvalue weighted by atomic mass is 16.1. The number of hydrogen-bond donors (Lipinski definition) is 1. The van der Waals surface area contributed by atoms with Crippen LogP contribution >= 0.6 is 0 Å². The Bertz CT molecular complexity index is 661. The van der Waals surface area contributed by atoms with Crippen LogP contribution in [0.1, 0.15) is 62.3 Å². The van der Waals surface area contributed by atoms with E-state index in [4.69, 9.17) is 0 Å². The maximum atomic E-state index is 12.4. The van der Waals surface area contributed by atoms with Gasteiger partial charge in [0, 0.05) is 17.7 Å². The molecule has 4 heteroatoms. The zero-order chi connectivity index (χ0) is 16.5. The summed E-state index contributed by atoms with van der Waals surface area (Å²) in [5, 5.41) is 7.35. The van der Waals surface area contributed by atoms with E-state index < -0.39 is 0 Å². The highest BCUT2D eigenvalue weighted by Gasteiger charge is 2.16. The molecule has 0 aliphatic heterocycles. The molecule has 22 heavy (non-hydrogen) atoms. The first-order chi connectivity index (χ1) is 10.2. The average molecular weight is 299 g/mol. The summed E-state index contributed by atoms with van der Waals surface area (Å²) >= 11 is 0. The number of carbonyl (C=O) groups is 1. The highest BCUT2D eigenvalue weighted by Crippen LogP contribution is 2.23. The highest BCUT2D eigenvalue weighted by molar-refractivity contribution is 6.03. The number of rotatable bonds is 3. The van der Waals surface area contributed by atoms with Crippen molar-refractivity contribution < 1.29 is 4.79 Å². The maximum Gasteiger partial charge on any atom is 0.256 e. The number of hydrogen-bond acceptors (Lipinski definition) is 2. The van der Waals surface area contributed by atoms with Crippen molar-refractivity contribution in [2.75, 3.05) is 5.32 Å². The monoisotopic (exact) mass is 299 g/mol. The van der Waals surface area contributed by atoms with Crippen molar-refractivity contribution in [3.63, 3.8) is 0 Å². The van der Waals surface area contributed by atoms with Gasteiger partial charge in [0.2, 0.25) is 0 Å². The van der Waals surface area contributed by atoms with E-state index in [1.807, 2.05) is 55.8 Å². The van der Waals surface area contributed by atoms with Crippen molar-refractivity contribution in [1.82, 2.24) is 9.78 Å². The Hall–Kier alpha value is -2.10. The minimum atomic E-state index is -0.109. The van der Waals surface area contributed by atoms with Gasteiger partial charge in [0.25, 0.3) is 5.91 Å². The molecule has 2 aromatic rings. The molecular formula is C18H25N3O. The van der Waals surface area contributed by atoms with Crippen molar-refractivity contribution in [3.05, 3.63) is 47.2 Å². The summed E-state index contributed by atoms with van der Waals surface area (Å²) in [5.41, 5.74) is 2.85. The number of aromatic nitrogens is 2. The van der Waals surface area contributed by atoms with Gasteiger partial charge in [-0.05, 0) is 43.9 Å². The van der Waals surface area contributed by atoms with E-state index in [1.165, 1.54) is 5.56 Å². The molecule has 1 N–H and O–H groups in total. The molecule has 0 aliphatic carbocycles. The molecule has 0 fully saturated rings. The zero-order valence-electron chi connectivity index (χ0n) is 14.3. The quantitative estimate of drug-likeness (QED) is 0.917. The van der Waals surface area contributed by atoms with Gasteiger partial charge in [-0.3, -0.25) is 4.79 Å². The van der Waals surface area contributed by atoms with E-state index in [-0.39, 0.29) is 17.4 Å². The number of nitrogens with one attached hydrogen (secondary N) is 1. The Morgan fingerprint density at radius 2 is 1.77 bits per heavy atom. The fourth-order valence-electron chi connectivity index (χ4n) is 2.31. The lowest BCUT2D eigenvalue weighted by Gasteiger charge is -2.19. The van der Waals surface area contributed by atoms with Gasteiger partial charge in [-0.2, -0.15) is 5.10 Å². The molecule has 1 aromatic carbocycles. The summed E-state index contributed by atoms with van der Waals surface area (Å²) in [6.45, 7) is 12.5. The van der Waals surface area contributed by atoms with Crippen LogP contribution in [0.4, 0.5) is 5.82 Å². The predicted octanol–water partition coefficient (Wildman–Crippen LogP) is 4.32. The number of carbonyl (C=O) groups excluding carboxylic acids is 1. The van der Waals surface area contributed by atoms with E-state index in [0.29, 0.717) is 5.56 Å². The van der Waals surface area contributed by atoms with E-state index >= 15 is 0 Å². The third-order valence-electron chi connectivity index (χ3n) is 3.60. The predicted molar refractivity (Wildman–Crippen MR) is 90.4 cm³/mol. The minimum absolute atomic E-state index is 0.0857. The number of anilines is 1. The van der Waals surface area contributed by atoms with Gasteiger partial charge in [0.1, 0.15) is 5.82 Å². The maximum absolute atomic E-state index is 12.4. The second kappa shape index (κ2) is 5.95.